The minimum absolute atomic E-state index is 0.191. The fourth-order valence-corrected chi connectivity index (χ4v) is 2.41. The van der Waals surface area contributed by atoms with Gasteiger partial charge in [0, 0.05) is 0 Å². The van der Waals surface area contributed by atoms with Crippen molar-refractivity contribution >= 4 is 11.6 Å². The zero-order valence-corrected chi connectivity index (χ0v) is 11.6. The van der Waals surface area contributed by atoms with Crippen molar-refractivity contribution in [3.63, 3.8) is 0 Å². The first kappa shape index (κ1) is 13.1. The van der Waals surface area contributed by atoms with Crippen LogP contribution in [-0.4, -0.2) is 0 Å². The van der Waals surface area contributed by atoms with Crippen LogP contribution in [0, 0.1) is 26.6 Å². The molecule has 0 aliphatic carbocycles. The van der Waals surface area contributed by atoms with E-state index >= 15 is 0 Å². The number of alkyl halides is 1. The molecule has 0 aliphatic rings. The van der Waals surface area contributed by atoms with Gasteiger partial charge in [0.1, 0.15) is 5.82 Å². The number of hydrogen-bond acceptors (Lipinski definition) is 0. The van der Waals surface area contributed by atoms with E-state index in [4.69, 9.17) is 11.6 Å². The normalized spacial score (nSPS) is 12.5. The summed E-state index contributed by atoms with van der Waals surface area (Å²) in [4.78, 5) is 0. The van der Waals surface area contributed by atoms with Crippen LogP contribution < -0.4 is 0 Å². The van der Waals surface area contributed by atoms with Gasteiger partial charge in [0.05, 0.1) is 5.38 Å². The van der Waals surface area contributed by atoms with E-state index < -0.39 is 0 Å². The molecule has 0 heterocycles. The van der Waals surface area contributed by atoms with Gasteiger partial charge < -0.3 is 0 Å². The highest BCUT2D eigenvalue weighted by Crippen LogP contribution is 2.32. The highest BCUT2D eigenvalue weighted by atomic mass is 35.5. The third-order valence-electron chi connectivity index (χ3n) is 3.18. The lowest BCUT2D eigenvalue weighted by molar-refractivity contribution is 0.617. The molecule has 2 heteroatoms. The molecular weight excluding hydrogens is 247 g/mol. The maximum Gasteiger partial charge on any atom is 0.126 e. The largest absolute Gasteiger partial charge is 0.207 e. The van der Waals surface area contributed by atoms with Gasteiger partial charge >= 0.3 is 0 Å². The second-order valence-electron chi connectivity index (χ2n) is 4.73. The SMILES string of the molecule is Cc1ccc(C)c(C(Cl)c2ccc(F)c(C)c2)c1. The van der Waals surface area contributed by atoms with Gasteiger partial charge in [0.25, 0.3) is 0 Å². The van der Waals surface area contributed by atoms with Crippen molar-refractivity contribution < 1.29 is 4.39 Å². The number of halogens is 2. The molecule has 1 unspecified atom stereocenters. The van der Waals surface area contributed by atoms with Gasteiger partial charge in [0.2, 0.25) is 0 Å². The maximum atomic E-state index is 13.3. The zero-order chi connectivity index (χ0) is 13.3. The van der Waals surface area contributed by atoms with Crippen LogP contribution in [0.5, 0.6) is 0 Å². The number of aryl methyl sites for hydroxylation is 3. The molecule has 0 N–H and O–H groups in total. The highest BCUT2D eigenvalue weighted by Gasteiger charge is 2.14. The number of benzene rings is 2. The monoisotopic (exact) mass is 262 g/mol. The van der Waals surface area contributed by atoms with Gasteiger partial charge in [-0.3, -0.25) is 0 Å². The predicted octanol–water partition coefficient (Wildman–Crippen LogP) is 5.08. The Labute approximate surface area is 112 Å². The molecule has 0 saturated carbocycles. The van der Waals surface area contributed by atoms with Crippen LogP contribution in [0.3, 0.4) is 0 Å². The Morgan fingerprint density at radius 3 is 2.33 bits per heavy atom. The van der Waals surface area contributed by atoms with Crippen molar-refractivity contribution in [3.05, 3.63) is 70.0 Å². The van der Waals surface area contributed by atoms with Crippen LogP contribution in [0.4, 0.5) is 4.39 Å². The molecule has 0 radical (unpaired) electrons. The molecule has 18 heavy (non-hydrogen) atoms. The Bertz CT molecular complexity index is 575. The number of rotatable bonds is 2. The Balaban J connectivity index is 2.44. The Kier molecular flexibility index (Phi) is 3.72. The van der Waals surface area contributed by atoms with Crippen molar-refractivity contribution in [2.75, 3.05) is 0 Å². The quantitative estimate of drug-likeness (QED) is 0.662. The van der Waals surface area contributed by atoms with Gasteiger partial charge in [-0.1, -0.05) is 35.9 Å². The Morgan fingerprint density at radius 2 is 1.67 bits per heavy atom. The second kappa shape index (κ2) is 5.11. The molecular formula is C16H16ClF. The summed E-state index contributed by atoms with van der Waals surface area (Å²) in [6.45, 7) is 5.84. The van der Waals surface area contributed by atoms with E-state index in [1.807, 2.05) is 19.9 Å². The van der Waals surface area contributed by atoms with Crippen LogP contribution >= 0.6 is 11.6 Å². The molecule has 0 saturated heterocycles. The van der Waals surface area contributed by atoms with Gasteiger partial charge in [-0.25, -0.2) is 4.39 Å². The van der Waals surface area contributed by atoms with Crippen LogP contribution in [0.2, 0.25) is 0 Å². The molecule has 0 aromatic heterocycles. The van der Waals surface area contributed by atoms with E-state index in [1.54, 1.807) is 13.0 Å². The summed E-state index contributed by atoms with van der Waals surface area (Å²) in [5, 5.41) is -0.232. The molecule has 2 aromatic rings. The molecule has 0 bridgehead atoms. The molecule has 0 amide bonds. The second-order valence-corrected chi connectivity index (χ2v) is 5.17. The van der Waals surface area contributed by atoms with Crippen molar-refractivity contribution in [2.24, 2.45) is 0 Å². The molecule has 94 valence electrons. The average molecular weight is 263 g/mol. The predicted molar refractivity (Wildman–Crippen MR) is 74.7 cm³/mol. The van der Waals surface area contributed by atoms with E-state index in [0.29, 0.717) is 5.56 Å². The Hall–Kier alpha value is -1.34. The summed E-state index contributed by atoms with van der Waals surface area (Å²) < 4.78 is 13.3. The van der Waals surface area contributed by atoms with Crippen molar-refractivity contribution in [1.29, 1.82) is 0 Å². The summed E-state index contributed by atoms with van der Waals surface area (Å²) in [5.74, 6) is -0.191. The van der Waals surface area contributed by atoms with Gasteiger partial charge in [-0.05, 0) is 49.1 Å². The summed E-state index contributed by atoms with van der Waals surface area (Å²) >= 11 is 6.51. The Morgan fingerprint density at radius 1 is 0.944 bits per heavy atom. The lowest BCUT2D eigenvalue weighted by atomic mass is 9.97. The van der Waals surface area contributed by atoms with Crippen LogP contribution in [-0.2, 0) is 0 Å². The molecule has 2 rings (SSSR count). The van der Waals surface area contributed by atoms with Gasteiger partial charge in [0.15, 0.2) is 0 Å². The minimum Gasteiger partial charge on any atom is -0.207 e. The van der Waals surface area contributed by atoms with Gasteiger partial charge in [-0.2, -0.15) is 0 Å². The van der Waals surface area contributed by atoms with E-state index in [-0.39, 0.29) is 11.2 Å². The minimum atomic E-state index is -0.232. The molecule has 0 spiro atoms. The first-order chi connectivity index (χ1) is 8.49. The lowest BCUT2D eigenvalue weighted by Gasteiger charge is -2.15. The van der Waals surface area contributed by atoms with E-state index in [1.165, 1.54) is 11.6 Å². The summed E-state index contributed by atoms with van der Waals surface area (Å²) in [7, 11) is 0. The van der Waals surface area contributed by atoms with E-state index in [9.17, 15) is 4.39 Å². The topological polar surface area (TPSA) is 0 Å². The van der Waals surface area contributed by atoms with E-state index in [0.717, 1.165) is 16.7 Å². The van der Waals surface area contributed by atoms with Gasteiger partial charge in [-0.15, -0.1) is 11.6 Å². The zero-order valence-electron chi connectivity index (χ0n) is 10.8. The highest BCUT2D eigenvalue weighted by molar-refractivity contribution is 6.22. The molecule has 0 fully saturated rings. The maximum absolute atomic E-state index is 13.3. The van der Waals surface area contributed by atoms with Crippen LogP contribution in [0.15, 0.2) is 36.4 Å². The fraction of sp³-hybridized carbons (Fsp3) is 0.250. The summed E-state index contributed by atoms with van der Waals surface area (Å²) in [6.07, 6.45) is 0. The molecule has 0 aliphatic heterocycles. The summed E-state index contributed by atoms with van der Waals surface area (Å²) in [6, 6.07) is 11.3. The first-order valence-corrected chi connectivity index (χ1v) is 6.40. The van der Waals surface area contributed by atoms with Crippen LogP contribution in [0.25, 0.3) is 0 Å². The standard InChI is InChI=1S/C16H16ClF/c1-10-4-5-11(2)14(8-10)16(17)13-6-7-15(18)12(3)9-13/h4-9,16H,1-3H3. The van der Waals surface area contributed by atoms with Crippen LogP contribution in [0.1, 0.15) is 33.2 Å². The summed E-state index contributed by atoms with van der Waals surface area (Å²) in [5.41, 5.74) is 4.98. The number of hydrogen-bond donors (Lipinski definition) is 0. The van der Waals surface area contributed by atoms with Crippen molar-refractivity contribution in [3.8, 4) is 0 Å². The van der Waals surface area contributed by atoms with E-state index in [2.05, 4.69) is 18.2 Å². The average Bonchev–Trinajstić information content (AvgIpc) is 2.35. The molecule has 1 atom stereocenters. The third-order valence-corrected chi connectivity index (χ3v) is 3.67. The first-order valence-electron chi connectivity index (χ1n) is 5.96. The molecule has 2 aromatic carbocycles. The smallest absolute Gasteiger partial charge is 0.126 e. The van der Waals surface area contributed by atoms with Crippen molar-refractivity contribution in [1.82, 2.24) is 0 Å². The molecule has 0 nitrogen and oxygen atoms in total. The third kappa shape index (κ3) is 2.56. The lowest BCUT2D eigenvalue weighted by Crippen LogP contribution is -1.98. The fourth-order valence-electron chi connectivity index (χ4n) is 2.04. The van der Waals surface area contributed by atoms with Crippen molar-refractivity contribution in [2.45, 2.75) is 26.1 Å².